The lowest BCUT2D eigenvalue weighted by molar-refractivity contribution is -0.120. The van der Waals surface area contributed by atoms with E-state index in [1.807, 2.05) is 0 Å². The summed E-state index contributed by atoms with van der Waals surface area (Å²) in [5.74, 6) is -2.11. The minimum atomic E-state index is -4.13. The Kier molecular flexibility index (Phi) is 4.24. The van der Waals surface area contributed by atoms with Crippen LogP contribution in [0, 0.1) is 11.6 Å². The van der Waals surface area contributed by atoms with E-state index < -0.39 is 39.0 Å². The topological polar surface area (TPSA) is 83.5 Å². The van der Waals surface area contributed by atoms with Crippen LogP contribution in [-0.4, -0.2) is 48.2 Å². The van der Waals surface area contributed by atoms with Gasteiger partial charge in [0.2, 0.25) is 21.9 Å². The number of hydrogen-bond acceptors (Lipinski definition) is 5. The molecule has 3 rings (SSSR count). The molecule has 1 aliphatic heterocycles. The Labute approximate surface area is 136 Å². The van der Waals surface area contributed by atoms with Crippen molar-refractivity contribution in [1.82, 2.24) is 14.3 Å². The molecular formula is C14H12F2N4O3S. The van der Waals surface area contributed by atoms with Gasteiger partial charge in [0.05, 0.1) is 18.9 Å². The van der Waals surface area contributed by atoms with Crippen LogP contribution in [0.1, 0.15) is 0 Å². The maximum Gasteiger partial charge on any atom is 0.246 e. The standard InChI is InChI=1S/C14H12F2N4O3S/c15-10-7-17-14(18-8-10)20-6-5-19(9-13(20)21)24(22,23)12-4-2-1-3-11(12)16/h1-4,7-8H,5-6,9H2. The lowest BCUT2D eigenvalue weighted by Crippen LogP contribution is -2.52. The van der Waals surface area contributed by atoms with Gasteiger partial charge in [0, 0.05) is 13.1 Å². The number of nitrogens with zero attached hydrogens (tertiary/aromatic N) is 4. The third-order valence-electron chi connectivity index (χ3n) is 3.49. The third-order valence-corrected chi connectivity index (χ3v) is 5.37. The van der Waals surface area contributed by atoms with Gasteiger partial charge in [-0.15, -0.1) is 0 Å². The molecule has 0 spiro atoms. The Morgan fingerprint density at radius 1 is 1.04 bits per heavy atom. The zero-order valence-corrected chi connectivity index (χ0v) is 13.1. The molecule has 0 radical (unpaired) electrons. The molecule has 2 heterocycles. The predicted molar refractivity (Wildman–Crippen MR) is 79.5 cm³/mol. The first-order valence-corrected chi connectivity index (χ1v) is 8.36. The summed E-state index contributed by atoms with van der Waals surface area (Å²) in [5, 5.41) is 0. The van der Waals surface area contributed by atoms with Gasteiger partial charge in [0.25, 0.3) is 0 Å². The number of carbonyl (C=O) groups is 1. The number of anilines is 1. The first kappa shape index (κ1) is 16.4. The number of aromatic nitrogens is 2. The molecule has 0 atom stereocenters. The van der Waals surface area contributed by atoms with Gasteiger partial charge in [-0.25, -0.2) is 27.2 Å². The minimum Gasteiger partial charge on any atom is -0.278 e. The molecule has 24 heavy (non-hydrogen) atoms. The van der Waals surface area contributed by atoms with E-state index in [1.165, 1.54) is 12.1 Å². The van der Waals surface area contributed by atoms with Crippen LogP contribution in [0.2, 0.25) is 0 Å². The number of benzene rings is 1. The highest BCUT2D eigenvalue weighted by atomic mass is 32.2. The summed E-state index contributed by atoms with van der Waals surface area (Å²) < 4.78 is 52.5. The molecule has 0 saturated carbocycles. The molecular weight excluding hydrogens is 342 g/mol. The predicted octanol–water partition coefficient (Wildman–Crippen LogP) is 0.792. The van der Waals surface area contributed by atoms with Gasteiger partial charge in [-0.3, -0.25) is 9.69 Å². The lowest BCUT2D eigenvalue weighted by atomic mass is 10.3. The Bertz CT molecular complexity index is 874. The van der Waals surface area contributed by atoms with Crippen molar-refractivity contribution in [2.24, 2.45) is 0 Å². The number of sulfonamides is 1. The van der Waals surface area contributed by atoms with Crippen molar-refractivity contribution in [2.45, 2.75) is 4.90 Å². The highest BCUT2D eigenvalue weighted by Gasteiger charge is 2.35. The van der Waals surface area contributed by atoms with Crippen LogP contribution in [0.25, 0.3) is 0 Å². The fourth-order valence-electron chi connectivity index (χ4n) is 2.31. The number of piperazine rings is 1. The van der Waals surface area contributed by atoms with Gasteiger partial charge in [0.1, 0.15) is 10.7 Å². The Balaban J connectivity index is 1.82. The molecule has 7 nitrogen and oxygen atoms in total. The van der Waals surface area contributed by atoms with Crippen LogP contribution in [0.15, 0.2) is 41.6 Å². The van der Waals surface area contributed by atoms with Gasteiger partial charge < -0.3 is 0 Å². The number of hydrogen-bond donors (Lipinski definition) is 0. The summed E-state index contributed by atoms with van der Waals surface area (Å²) in [6, 6.07) is 4.96. The number of rotatable bonds is 3. The van der Waals surface area contributed by atoms with Gasteiger partial charge in [0.15, 0.2) is 5.82 Å². The third kappa shape index (κ3) is 2.97. The number of amides is 1. The summed E-state index contributed by atoms with van der Waals surface area (Å²) in [6.07, 6.45) is 1.83. The average Bonchev–Trinajstić information content (AvgIpc) is 2.56. The Morgan fingerprint density at radius 3 is 2.33 bits per heavy atom. The van der Waals surface area contributed by atoms with E-state index in [0.29, 0.717) is 0 Å². The molecule has 0 N–H and O–H groups in total. The SMILES string of the molecule is O=C1CN(S(=O)(=O)c2ccccc2F)CCN1c1ncc(F)cn1. The van der Waals surface area contributed by atoms with E-state index in [0.717, 1.165) is 33.7 Å². The molecule has 0 unspecified atom stereocenters. The molecule has 126 valence electrons. The Morgan fingerprint density at radius 2 is 1.71 bits per heavy atom. The second-order valence-electron chi connectivity index (χ2n) is 5.02. The van der Waals surface area contributed by atoms with Gasteiger partial charge >= 0.3 is 0 Å². The van der Waals surface area contributed by atoms with Crippen LogP contribution in [-0.2, 0) is 14.8 Å². The number of halogens is 2. The molecule has 1 aromatic heterocycles. The molecule has 1 fully saturated rings. The normalized spacial score (nSPS) is 16.4. The molecule has 0 aliphatic carbocycles. The smallest absolute Gasteiger partial charge is 0.246 e. The van der Waals surface area contributed by atoms with E-state index >= 15 is 0 Å². The van der Waals surface area contributed by atoms with E-state index in [2.05, 4.69) is 9.97 Å². The highest BCUT2D eigenvalue weighted by Crippen LogP contribution is 2.21. The van der Waals surface area contributed by atoms with Crippen molar-refractivity contribution < 1.29 is 22.0 Å². The summed E-state index contributed by atoms with van der Waals surface area (Å²) >= 11 is 0. The zero-order valence-electron chi connectivity index (χ0n) is 12.3. The minimum absolute atomic E-state index is 0.00987. The van der Waals surface area contributed by atoms with Crippen LogP contribution in [0.3, 0.4) is 0 Å². The van der Waals surface area contributed by atoms with Crippen molar-refractivity contribution in [1.29, 1.82) is 0 Å². The molecule has 1 aliphatic rings. The second kappa shape index (κ2) is 6.21. The molecule has 1 amide bonds. The molecule has 1 saturated heterocycles. The first-order chi connectivity index (χ1) is 11.4. The number of carbonyl (C=O) groups excluding carboxylic acids is 1. The average molecular weight is 354 g/mol. The van der Waals surface area contributed by atoms with Gasteiger partial charge in [-0.1, -0.05) is 12.1 Å². The van der Waals surface area contributed by atoms with Crippen LogP contribution in [0.4, 0.5) is 14.7 Å². The summed E-state index contributed by atoms with van der Waals surface area (Å²) in [4.78, 5) is 20.3. The molecule has 10 heteroatoms. The quantitative estimate of drug-likeness (QED) is 0.814. The second-order valence-corrected chi connectivity index (χ2v) is 6.92. The van der Waals surface area contributed by atoms with Crippen LogP contribution < -0.4 is 4.90 Å². The summed E-state index contributed by atoms with van der Waals surface area (Å²) in [6.45, 7) is -0.543. The van der Waals surface area contributed by atoms with Gasteiger partial charge in [-0.05, 0) is 12.1 Å². The van der Waals surface area contributed by atoms with Crippen molar-refractivity contribution in [2.75, 3.05) is 24.5 Å². The first-order valence-electron chi connectivity index (χ1n) is 6.92. The molecule has 1 aromatic carbocycles. The van der Waals surface area contributed by atoms with E-state index in [1.54, 1.807) is 0 Å². The molecule has 2 aromatic rings. The van der Waals surface area contributed by atoms with Gasteiger partial charge in [-0.2, -0.15) is 4.31 Å². The maximum atomic E-state index is 13.8. The zero-order chi connectivity index (χ0) is 17.3. The maximum absolute atomic E-state index is 13.8. The van der Waals surface area contributed by atoms with E-state index in [4.69, 9.17) is 0 Å². The van der Waals surface area contributed by atoms with E-state index in [9.17, 15) is 22.0 Å². The summed E-state index contributed by atoms with van der Waals surface area (Å²) in [7, 11) is -4.13. The van der Waals surface area contributed by atoms with E-state index in [-0.39, 0.29) is 19.0 Å². The monoisotopic (exact) mass is 354 g/mol. The van der Waals surface area contributed by atoms with Crippen molar-refractivity contribution in [3.05, 3.63) is 48.3 Å². The van der Waals surface area contributed by atoms with Crippen LogP contribution in [0.5, 0.6) is 0 Å². The summed E-state index contributed by atoms with van der Waals surface area (Å²) in [5.41, 5.74) is 0. The fraction of sp³-hybridized carbons (Fsp3) is 0.214. The van der Waals surface area contributed by atoms with Crippen molar-refractivity contribution >= 4 is 21.9 Å². The highest BCUT2D eigenvalue weighted by molar-refractivity contribution is 7.89. The Hall–Kier alpha value is -2.46. The van der Waals surface area contributed by atoms with Crippen LogP contribution >= 0.6 is 0 Å². The molecule has 0 bridgehead atoms. The largest absolute Gasteiger partial charge is 0.278 e. The fourth-order valence-corrected chi connectivity index (χ4v) is 3.75. The lowest BCUT2D eigenvalue weighted by Gasteiger charge is -2.32. The van der Waals surface area contributed by atoms with Crippen molar-refractivity contribution in [3.63, 3.8) is 0 Å². The van der Waals surface area contributed by atoms with Crippen molar-refractivity contribution in [3.8, 4) is 0 Å².